The fraction of sp³-hybridized carbons (Fsp3) is 0.667. The highest BCUT2D eigenvalue weighted by atomic mass is 32.2. The van der Waals surface area contributed by atoms with Crippen LogP contribution in [-0.4, -0.2) is 16.8 Å². The Hall–Kier alpha value is -0.540. The highest BCUT2D eigenvalue weighted by Gasteiger charge is 2.05. The van der Waals surface area contributed by atoms with Gasteiger partial charge in [-0.2, -0.15) is 0 Å². The Morgan fingerprint density at radius 2 is 2.11 bits per heavy atom. The van der Waals surface area contributed by atoms with E-state index in [4.69, 9.17) is 5.73 Å². The van der Waals surface area contributed by atoms with E-state index in [2.05, 4.69) is 31.8 Å². The minimum atomic E-state index is 0.259. The van der Waals surface area contributed by atoms with E-state index in [9.17, 15) is 0 Å². The predicted octanol–water partition coefficient (Wildman–Crippen LogP) is 3.95. The standard InChI is InChI=1S/C15H26N2S/c1-4-6-7-8-18-15-12(3)9-13(11-17-15)10-14(16)5-2/h9,11,14H,4-8,10,16H2,1-3H3. The molecule has 0 aliphatic carbocycles. The largest absolute Gasteiger partial charge is 0.327 e. The molecule has 0 aromatic carbocycles. The van der Waals surface area contributed by atoms with Crippen molar-refractivity contribution in [1.29, 1.82) is 0 Å². The van der Waals surface area contributed by atoms with Gasteiger partial charge in [0.05, 0.1) is 5.03 Å². The Labute approximate surface area is 116 Å². The Balaban J connectivity index is 2.51. The molecule has 1 unspecified atom stereocenters. The van der Waals surface area contributed by atoms with Gasteiger partial charge in [0, 0.05) is 12.2 Å². The molecule has 0 saturated carbocycles. The first-order chi connectivity index (χ1) is 8.67. The van der Waals surface area contributed by atoms with Crippen molar-refractivity contribution < 1.29 is 0 Å². The maximum Gasteiger partial charge on any atom is 0.0989 e. The molecule has 0 spiro atoms. The van der Waals surface area contributed by atoms with Crippen LogP contribution < -0.4 is 5.73 Å². The number of nitrogens with two attached hydrogens (primary N) is 1. The topological polar surface area (TPSA) is 38.9 Å². The van der Waals surface area contributed by atoms with Crippen molar-refractivity contribution in [2.24, 2.45) is 5.73 Å². The summed E-state index contributed by atoms with van der Waals surface area (Å²) >= 11 is 1.88. The quantitative estimate of drug-likeness (QED) is 0.572. The summed E-state index contributed by atoms with van der Waals surface area (Å²) in [5, 5.41) is 1.18. The van der Waals surface area contributed by atoms with Crippen molar-refractivity contribution in [1.82, 2.24) is 4.98 Å². The van der Waals surface area contributed by atoms with E-state index >= 15 is 0 Å². The number of nitrogens with zero attached hydrogens (tertiary/aromatic N) is 1. The molecule has 2 nitrogen and oxygen atoms in total. The number of unbranched alkanes of at least 4 members (excludes halogenated alkanes) is 2. The number of aryl methyl sites for hydroxylation is 1. The van der Waals surface area contributed by atoms with Gasteiger partial charge in [-0.1, -0.05) is 32.8 Å². The van der Waals surface area contributed by atoms with Crippen molar-refractivity contribution in [3.8, 4) is 0 Å². The van der Waals surface area contributed by atoms with Gasteiger partial charge in [0.1, 0.15) is 0 Å². The maximum absolute atomic E-state index is 5.97. The fourth-order valence-corrected chi connectivity index (χ4v) is 2.81. The molecule has 18 heavy (non-hydrogen) atoms. The first-order valence-corrected chi connectivity index (χ1v) is 7.99. The Bertz CT molecular complexity index is 352. The van der Waals surface area contributed by atoms with Gasteiger partial charge in [-0.05, 0) is 43.1 Å². The molecule has 1 heterocycles. The van der Waals surface area contributed by atoms with Gasteiger partial charge >= 0.3 is 0 Å². The maximum atomic E-state index is 5.97. The van der Waals surface area contributed by atoms with E-state index in [1.54, 1.807) is 0 Å². The van der Waals surface area contributed by atoms with E-state index < -0.39 is 0 Å². The Morgan fingerprint density at radius 3 is 2.72 bits per heavy atom. The molecule has 0 amide bonds. The molecular formula is C15H26N2S. The van der Waals surface area contributed by atoms with Crippen LogP contribution in [0.3, 0.4) is 0 Å². The number of rotatable bonds is 8. The second-order valence-electron chi connectivity index (χ2n) is 4.89. The van der Waals surface area contributed by atoms with Gasteiger partial charge in [-0.15, -0.1) is 11.8 Å². The Kier molecular flexibility index (Phi) is 7.36. The average molecular weight is 266 g/mol. The summed E-state index contributed by atoms with van der Waals surface area (Å²) in [7, 11) is 0. The molecule has 102 valence electrons. The number of pyridine rings is 1. The van der Waals surface area contributed by atoms with Gasteiger partial charge in [-0.25, -0.2) is 4.98 Å². The number of aromatic nitrogens is 1. The van der Waals surface area contributed by atoms with Gasteiger partial charge < -0.3 is 5.73 Å². The molecule has 3 heteroatoms. The monoisotopic (exact) mass is 266 g/mol. The summed E-state index contributed by atoms with van der Waals surface area (Å²) in [6.07, 6.45) is 7.82. The van der Waals surface area contributed by atoms with E-state index in [1.807, 2.05) is 18.0 Å². The lowest BCUT2D eigenvalue weighted by Gasteiger charge is -2.10. The number of thioether (sulfide) groups is 1. The lowest BCUT2D eigenvalue weighted by atomic mass is 10.1. The molecule has 0 aliphatic heterocycles. The molecule has 0 bridgehead atoms. The highest BCUT2D eigenvalue weighted by molar-refractivity contribution is 7.99. The SMILES string of the molecule is CCCCCSc1ncc(CC(N)CC)cc1C. The smallest absolute Gasteiger partial charge is 0.0989 e. The average Bonchev–Trinajstić information content (AvgIpc) is 2.36. The Morgan fingerprint density at radius 1 is 1.33 bits per heavy atom. The summed E-state index contributed by atoms with van der Waals surface area (Å²) < 4.78 is 0. The lowest BCUT2D eigenvalue weighted by molar-refractivity contribution is 0.644. The molecule has 1 rings (SSSR count). The molecule has 0 aliphatic rings. The molecule has 0 fully saturated rings. The first-order valence-electron chi connectivity index (χ1n) is 7.01. The third kappa shape index (κ3) is 5.40. The van der Waals surface area contributed by atoms with E-state index in [0.717, 1.165) is 12.8 Å². The molecule has 0 radical (unpaired) electrons. The normalized spacial score (nSPS) is 12.7. The van der Waals surface area contributed by atoms with Gasteiger partial charge in [0.15, 0.2) is 0 Å². The van der Waals surface area contributed by atoms with E-state index in [-0.39, 0.29) is 6.04 Å². The van der Waals surface area contributed by atoms with Crippen LogP contribution in [0.25, 0.3) is 0 Å². The lowest BCUT2D eigenvalue weighted by Crippen LogP contribution is -2.21. The van der Waals surface area contributed by atoms with Crippen molar-refractivity contribution in [2.75, 3.05) is 5.75 Å². The van der Waals surface area contributed by atoms with Crippen LogP contribution in [0, 0.1) is 6.92 Å². The molecule has 1 aromatic rings. The van der Waals surface area contributed by atoms with E-state index in [0.29, 0.717) is 0 Å². The number of hydrogen-bond donors (Lipinski definition) is 1. The molecule has 1 atom stereocenters. The minimum absolute atomic E-state index is 0.259. The molecular weight excluding hydrogens is 240 g/mol. The number of hydrogen-bond acceptors (Lipinski definition) is 3. The van der Waals surface area contributed by atoms with Crippen molar-refractivity contribution in [3.63, 3.8) is 0 Å². The second-order valence-corrected chi connectivity index (χ2v) is 5.98. The minimum Gasteiger partial charge on any atom is -0.327 e. The molecule has 1 aromatic heterocycles. The van der Waals surface area contributed by atoms with Gasteiger partial charge in [0.2, 0.25) is 0 Å². The van der Waals surface area contributed by atoms with Crippen LogP contribution in [0.15, 0.2) is 17.3 Å². The zero-order chi connectivity index (χ0) is 13.4. The van der Waals surface area contributed by atoms with Crippen LogP contribution in [0.4, 0.5) is 0 Å². The fourth-order valence-electron chi connectivity index (χ4n) is 1.85. The van der Waals surface area contributed by atoms with Crippen LogP contribution in [-0.2, 0) is 6.42 Å². The zero-order valence-corrected chi connectivity index (χ0v) is 12.7. The summed E-state index contributed by atoms with van der Waals surface area (Å²) in [6.45, 7) is 6.51. The van der Waals surface area contributed by atoms with Crippen LogP contribution >= 0.6 is 11.8 Å². The van der Waals surface area contributed by atoms with Crippen LogP contribution in [0.5, 0.6) is 0 Å². The summed E-state index contributed by atoms with van der Waals surface area (Å²) in [5.41, 5.74) is 8.53. The van der Waals surface area contributed by atoms with Crippen molar-refractivity contribution in [3.05, 3.63) is 23.4 Å². The second kappa shape index (κ2) is 8.54. The summed E-state index contributed by atoms with van der Waals surface area (Å²) in [4.78, 5) is 4.57. The third-order valence-corrected chi connectivity index (χ3v) is 4.29. The molecule has 0 saturated heterocycles. The predicted molar refractivity (Wildman–Crippen MR) is 81.2 cm³/mol. The third-order valence-electron chi connectivity index (χ3n) is 3.10. The van der Waals surface area contributed by atoms with Gasteiger partial charge in [0.25, 0.3) is 0 Å². The van der Waals surface area contributed by atoms with Crippen LogP contribution in [0.2, 0.25) is 0 Å². The van der Waals surface area contributed by atoms with Crippen LogP contribution in [0.1, 0.15) is 50.7 Å². The molecule has 2 N–H and O–H groups in total. The highest BCUT2D eigenvalue weighted by Crippen LogP contribution is 2.22. The van der Waals surface area contributed by atoms with E-state index in [1.165, 1.54) is 41.2 Å². The van der Waals surface area contributed by atoms with Gasteiger partial charge in [-0.3, -0.25) is 0 Å². The summed E-state index contributed by atoms with van der Waals surface area (Å²) in [5.74, 6) is 1.18. The van der Waals surface area contributed by atoms with Crippen molar-refractivity contribution in [2.45, 2.75) is 63.9 Å². The van der Waals surface area contributed by atoms with Crippen molar-refractivity contribution >= 4 is 11.8 Å². The first kappa shape index (κ1) is 15.5. The summed E-state index contributed by atoms with van der Waals surface area (Å²) in [6, 6.07) is 2.50. The zero-order valence-electron chi connectivity index (χ0n) is 11.9.